The number of nitrogens with one attached hydrogen (secondary N) is 1. The minimum absolute atomic E-state index is 0.0354. The highest BCUT2D eigenvalue weighted by atomic mass is 32.2. The van der Waals surface area contributed by atoms with Crippen molar-refractivity contribution in [2.24, 2.45) is 5.92 Å². The second-order valence-corrected chi connectivity index (χ2v) is 9.08. The molecule has 0 aromatic rings. The van der Waals surface area contributed by atoms with Gasteiger partial charge >= 0.3 is 0 Å². The molecule has 0 aromatic carbocycles. The maximum atomic E-state index is 6.10. The van der Waals surface area contributed by atoms with Crippen molar-refractivity contribution in [1.82, 2.24) is 5.32 Å². The van der Waals surface area contributed by atoms with Gasteiger partial charge in [-0.2, -0.15) is 23.5 Å². The van der Waals surface area contributed by atoms with Crippen molar-refractivity contribution < 1.29 is 9.47 Å². The summed E-state index contributed by atoms with van der Waals surface area (Å²) < 4.78 is 11.7. The van der Waals surface area contributed by atoms with Crippen LogP contribution < -0.4 is 5.32 Å². The van der Waals surface area contributed by atoms with Crippen LogP contribution in [-0.4, -0.2) is 60.5 Å². The maximum Gasteiger partial charge on any atom is 0.0939 e. The normalized spacial score (nSPS) is 43.8. The van der Waals surface area contributed by atoms with E-state index in [2.05, 4.69) is 42.8 Å². The summed E-state index contributed by atoms with van der Waals surface area (Å²) in [5.41, 5.74) is 0.0354. The first-order chi connectivity index (χ1) is 9.74. The zero-order valence-electron chi connectivity index (χ0n) is 12.6. The van der Waals surface area contributed by atoms with Gasteiger partial charge in [0.05, 0.1) is 12.2 Å². The highest BCUT2D eigenvalue weighted by Gasteiger charge is 2.45. The molecule has 5 heteroatoms. The molecule has 0 aromatic heterocycles. The SMILES string of the molecule is CNC(C1CCOC2(CCOC2)C1)C1SCCSC1C. The molecule has 3 nitrogen and oxygen atoms in total. The van der Waals surface area contributed by atoms with Crippen LogP contribution in [0.15, 0.2) is 0 Å². The van der Waals surface area contributed by atoms with Gasteiger partial charge in [-0.1, -0.05) is 6.92 Å². The molecule has 3 saturated heterocycles. The van der Waals surface area contributed by atoms with E-state index in [0.29, 0.717) is 6.04 Å². The Morgan fingerprint density at radius 2 is 2.10 bits per heavy atom. The summed E-state index contributed by atoms with van der Waals surface area (Å²) in [7, 11) is 2.14. The van der Waals surface area contributed by atoms with E-state index in [4.69, 9.17) is 9.47 Å². The van der Waals surface area contributed by atoms with Crippen LogP contribution in [0, 0.1) is 5.92 Å². The predicted molar refractivity (Wildman–Crippen MR) is 87.9 cm³/mol. The maximum absolute atomic E-state index is 6.10. The number of ether oxygens (including phenoxy) is 2. The molecule has 5 atom stereocenters. The number of hydrogen-bond donors (Lipinski definition) is 1. The molecule has 0 radical (unpaired) electrons. The van der Waals surface area contributed by atoms with Gasteiger partial charge in [0.1, 0.15) is 0 Å². The van der Waals surface area contributed by atoms with E-state index in [9.17, 15) is 0 Å². The number of thioether (sulfide) groups is 2. The Kier molecular flexibility index (Phi) is 5.24. The van der Waals surface area contributed by atoms with Gasteiger partial charge in [-0.05, 0) is 25.8 Å². The molecule has 3 aliphatic heterocycles. The largest absolute Gasteiger partial charge is 0.378 e. The average molecular weight is 318 g/mol. The molecule has 3 aliphatic rings. The molecule has 3 fully saturated rings. The fraction of sp³-hybridized carbons (Fsp3) is 1.00. The minimum atomic E-state index is 0.0354. The monoisotopic (exact) mass is 317 g/mol. The quantitative estimate of drug-likeness (QED) is 0.864. The average Bonchev–Trinajstić information content (AvgIpc) is 2.90. The molecular weight excluding hydrogens is 290 g/mol. The van der Waals surface area contributed by atoms with Gasteiger partial charge in [0.15, 0.2) is 0 Å². The van der Waals surface area contributed by atoms with Gasteiger partial charge in [0.25, 0.3) is 0 Å². The molecule has 3 rings (SSSR count). The molecule has 0 saturated carbocycles. The first-order valence-corrected chi connectivity index (χ1v) is 9.96. The second kappa shape index (κ2) is 6.78. The van der Waals surface area contributed by atoms with E-state index < -0.39 is 0 Å². The minimum Gasteiger partial charge on any atom is -0.378 e. The Morgan fingerprint density at radius 1 is 1.25 bits per heavy atom. The fourth-order valence-electron chi connectivity index (χ4n) is 3.95. The fourth-order valence-corrected chi connectivity index (χ4v) is 7.03. The molecule has 0 bridgehead atoms. The molecule has 5 unspecified atom stereocenters. The number of rotatable bonds is 3. The van der Waals surface area contributed by atoms with Crippen molar-refractivity contribution in [2.45, 2.75) is 48.3 Å². The van der Waals surface area contributed by atoms with E-state index in [1.54, 1.807) is 0 Å². The van der Waals surface area contributed by atoms with E-state index in [1.165, 1.54) is 24.3 Å². The van der Waals surface area contributed by atoms with Gasteiger partial charge in [0, 0.05) is 47.7 Å². The topological polar surface area (TPSA) is 30.5 Å². The Balaban J connectivity index is 1.68. The van der Waals surface area contributed by atoms with Crippen molar-refractivity contribution >= 4 is 23.5 Å². The van der Waals surface area contributed by atoms with Crippen LogP contribution in [-0.2, 0) is 9.47 Å². The van der Waals surface area contributed by atoms with E-state index in [0.717, 1.165) is 42.7 Å². The van der Waals surface area contributed by atoms with Crippen molar-refractivity contribution in [3.05, 3.63) is 0 Å². The highest BCUT2D eigenvalue weighted by molar-refractivity contribution is 8.07. The third-order valence-electron chi connectivity index (χ3n) is 5.03. The van der Waals surface area contributed by atoms with Crippen LogP contribution in [0.1, 0.15) is 26.2 Å². The molecule has 1 spiro atoms. The summed E-state index contributed by atoms with van der Waals surface area (Å²) in [5, 5.41) is 5.14. The lowest BCUT2D eigenvalue weighted by Crippen LogP contribution is -2.52. The smallest absolute Gasteiger partial charge is 0.0939 e. The van der Waals surface area contributed by atoms with Crippen molar-refractivity contribution in [3.63, 3.8) is 0 Å². The molecule has 20 heavy (non-hydrogen) atoms. The van der Waals surface area contributed by atoms with Crippen LogP contribution in [0.3, 0.4) is 0 Å². The Labute approximate surface area is 131 Å². The molecule has 0 aliphatic carbocycles. The lowest BCUT2D eigenvalue weighted by atomic mass is 9.79. The third-order valence-corrected chi connectivity index (χ3v) is 8.25. The standard InChI is InChI=1S/C15H27NO2S2/c1-11-14(20-8-7-19-11)13(16-2)12-3-5-18-15(9-12)4-6-17-10-15/h11-14,16H,3-10H2,1-2H3. The Morgan fingerprint density at radius 3 is 2.80 bits per heavy atom. The van der Waals surface area contributed by atoms with Gasteiger partial charge < -0.3 is 14.8 Å². The summed E-state index contributed by atoms with van der Waals surface area (Å²) in [6, 6.07) is 0.615. The van der Waals surface area contributed by atoms with Gasteiger partial charge in [-0.15, -0.1) is 0 Å². The van der Waals surface area contributed by atoms with Crippen molar-refractivity contribution in [3.8, 4) is 0 Å². The molecule has 1 N–H and O–H groups in total. The predicted octanol–water partition coefficient (Wildman–Crippen LogP) is 2.40. The zero-order chi connectivity index (χ0) is 14.0. The van der Waals surface area contributed by atoms with E-state index in [1.807, 2.05) is 0 Å². The summed E-state index contributed by atoms with van der Waals surface area (Å²) in [6.45, 7) is 4.99. The number of hydrogen-bond acceptors (Lipinski definition) is 5. The van der Waals surface area contributed by atoms with Crippen molar-refractivity contribution in [2.75, 3.05) is 38.4 Å². The second-order valence-electron chi connectivity index (χ2n) is 6.31. The lowest BCUT2D eigenvalue weighted by Gasteiger charge is -2.44. The van der Waals surface area contributed by atoms with Gasteiger partial charge in [-0.25, -0.2) is 0 Å². The molecule has 3 heterocycles. The molecule has 0 amide bonds. The molecule has 116 valence electrons. The van der Waals surface area contributed by atoms with Gasteiger partial charge in [0.2, 0.25) is 0 Å². The van der Waals surface area contributed by atoms with Crippen LogP contribution in [0.4, 0.5) is 0 Å². The zero-order valence-corrected chi connectivity index (χ0v) is 14.2. The van der Waals surface area contributed by atoms with E-state index >= 15 is 0 Å². The van der Waals surface area contributed by atoms with Crippen molar-refractivity contribution in [1.29, 1.82) is 0 Å². The first kappa shape index (κ1) is 15.5. The first-order valence-electron chi connectivity index (χ1n) is 7.86. The van der Waals surface area contributed by atoms with Crippen LogP contribution >= 0.6 is 23.5 Å². The van der Waals surface area contributed by atoms with Crippen LogP contribution in [0.2, 0.25) is 0 Å². The van der Waals surface area contributed by atoms with Crippen LogP contribution in [0.5, 0.6) is 0 Å². The third kappa shape index (κ3) is 3.17. The van der Waals surface area contributed by atoms with Crippen LogP contribution in [0.25, 0.3) is 0 Å². The summed E-state index contributed by atoms with van der Waals surface area (Å²) in [5.74, 6) is 3.34. The lowest BCUT2D eigenvalue weighted by molar-refractivity contribution is -0.102. The summed E-state index contributed by atoms with van der Waals surface area (Å²) in [4.78, 5) is 0. The Bertz CT molecular complexity index is 323. The highest BCUT2D eigenvalue weighted by Crippen LogP contribution is 2.42. The van der Waals surface area contributed by atoms with Gasteiger partial charge in [-0.3, -0.25) is 0 Å². The summed E-state index contributed by atoms with van der Waals surface area (Å²) in [6.07, 6.45) is 3.46. The molecular formula is C15H27NO2S2. The summed E-state index contributed by atoms with van der Waals surface area (Å²) >= 11 is 4.31. The Hall–Kier alpha value is 0.580. The van der Waals surface area contributed by atoms with E-state index in [-0.39, 0.29) is 5.60 Å².